The van der Waals surface area contributed by atoms with Gasteiger partial charge in [-0.05, 0) is 66.3 Å². The van der Waals surface area contributed by atoms with E-state index in [1.807, 2.05) is 0 Å². The summed E-state index contributed by atoms with van der Waals surface area (Å²) in [5.41, 5.74) is 5.35. The topological polar surface area (TPSA) is 29.1 Å². The summed E-state index contributed by atoms with van der Waals surface area (Å²) in [5.74, 6) is 0. The second kappa shape index (κ2) is 7.20. The highest BCUT2D eigenvalue weighted by molar-refractivity contribution is 7.85. The van der Waals surface area contributed by atoms with Crippen LogP contribution in [0.15, 0.2) is 47.4 Å². The molecule has 0 aromatic heterocycles. The molecule has 1 atom stereocenters. The van der Waals surface area contributed by atoms with Crippen LogP contribution in [0, 0.1) is 0 Å². The SMILES string of the molecule is O=S(c1ccc(-c2ccc3c(c2)CNCC3)cc1)C1CCCCC1. The number of rotatable bonds is 3. The molecule has 0 bridgehead atoms. The van der Waals surface area contributed by atoms with Gasteiger partial charge in [0.25, 0.3) is 0 Å². The summed E-state index contributed by atoms with van der Waals surface area (Å²) in [6.45, 7) is 2.04. The lowest BCUT2D eigenvalue weighted by Crippen LogP contribution is -2.23. The largest absolute Gasteiger partial charge is 0.312 e. The lowest BCUT2D eigenvalue weighted by molar-refractivity contribution is 0.504. The number of nitrogens with one attached hydrogen (secondary N) is 1. The van der Waals surface area contributed by atoms with Gasteiger partial charge in [0.15, 0.2) is 0 Å². The van der Waals surface area contributed by atoms with Crippen LogP contribution in [-0.2, 0) is 23.8 Å². The van der Waals surface area contributed by atoms with Crippen molar-refractivity contribution >= 4 is 10.8 Å². The number of benzene rings is 2. The van der Waals surface area contributed by atoms with Crippen molar-refractivity contribution in [3.8, 4) is 11.1 Å². The molecule has 126 valence electrons. The molecule has 2 aromatic carbocycles. The van der Waals surface area contributed by atoms with Crippen LogP contribution in [0.25, 0.3) is 11.1 Å². The summed E-state index contributed by atoms with van der Waals surface area (Å²) in [6, 6.07) is 15.2. The Morgan fingerprint density at radius 3 is 2.42 bits per heavy atom. The fourth-order valence-electron chi connectivity index (χ4n) is 3.91. The van der Waals surface area contributed by atoms with Crippen molar-refractivity contribution < 1.29 is 4.21 Å². The molecule has 1 aliphatic carbocycles. The first-order valence-electron chi connectivity index (χ1n) is 9.15. The molecular weight excluding hydrogens is 314 g/mol. The molecule has 1 N–H and O–H groups in total. The van der Waals surface area contributed by atoms with E-state index in [9.17, 15) is 4.21 Å². The molecule has 1 aliphatic heterocycles. The predicted octanol–water partition coefficient (Wildman–Crippen LogP) is 4.44. The van der Waals surface area contributed by atoms with E-state index in [4.69, 9.17) is 0 Å². The van der Waals surface area contributed by atoms with E-state index in [0.29, 0.717) is 5.25 Å². The van der Waals surface area contributed by atoms with E-state index < -0.39 is 10.8 Å². The van der Waals surface area contributed by atoms with Gasteiger partial charge >= 0.3 is 0 Å². The molecule has 2 aromatic rings. The highest BCUT2D eigenvalue weighted by Crippen LogP contribution is 2.28. The van der Waals surface area contributed by atoms with Gasteiger partial charge in [-0.3, -0.25) is 4.21 Å². The smallest absolute Gasteiger partial charge is 0.0560 e. The molecule has 3 heteroatoms. The first-order chi connectivity index (χ1) is 11.8. The normalized spacial score (nSPS) is 19.7. The zero-order valence-corrected chi connectivity index (χ0v) is 14.9. The Balaban J connectivity index is 1.54. The van der Waals surface area contributed by atoms with E-state index >= 15 is 0 Å². The van der Waals surface area contributed by atoms with Gasteiger partial charge in [-0.25, -0.2) is 0 Å². The lowest BCUT2D eigenvalue weighted by atomic mass is 9.96. The molecule has 2 aliphatic rings. The minimum Gasteiger partial charge on any atom is -0.312 e. The highest BCUT2D eigenvalue weighted by atomic mass is 32.2. The Labute approximate surface area is 147 Å². The van der Waals surface area contributed by atoms with E-state index in [1.54, 1.807) is 0 Å². The van der Waals surface area contributed by atoms with Crippen molar-refractivity contribution in [2.24, 2.45) is 0 Å². The highest BCUT2D eigenvalue weighted by Gasteiger charge is 2.21. The van der Waals surface area contributed by atoms with Gasteiger partial charge in [-0.1, -0.05) is 43.5 Å². The van der Waals surface area contributed by atoms with Crippen LogP contribution < -0.4 is 5.32 Å². The van der Waals surface area contributed by atoms with Crippen LogP contribution in [0.4, 0.5) is 0 Å². The maximum atomic E-state index is 12.7. The van der Waals surface area contributed by atoms with Gasteiger partial charge in [0.05, 0.1) is 10.8 Å². The Hall–Kier alpha value is -1.45. The predicted molar refractivity (Wildman–Crippen MR) is 101 cm³/mol. The van der Waals surface area contributed by atoms with Crippen molar-refractivity contribution in [1.82, 2.24) is 5.32 Å². The summed E-state index contributed by atoms with van der Waals surface area (Å²) < 4.78 is 12.7. The zero-order chi connectivity index (χ0) is 16.4. The fourth-order valence-corrected chi connectivity index (χ4v) is 5.46. The van der Waals surface area contributed by atoms with Crippen LogP contribution >= 0.6 is 0 Å². The Morgan fingerprint density at radius 2 is 1.62 bits per heavy atom. The van der Waals surface area contributed by atoms with Crippen LogP contribution in [-0.4, -0.2) is 16.0 Å². The van der Waals surface area contributed by atoms with Crippen molar-refractivity contribution in [3.05, 3.63) is 53.6 Å². The second-order valence-electron chi connectivity index (χ2n) is 6.99. The van der Waals surface area contributed by atoms with Crippen LogP contribution in [0.1, 0.15) is 43.2 Å². The van der Waals surface area contributed by atoms with Gasteiger partial charge in [0, 0.05) is 16.7 Å². The molecule has 0 saturated heterocycles. The van der Waals surface area contributed by atoms with Crippen LogP contribution in [0.5, 0.6) is 0 Å². The monoisotopic (exact) mass is 339 g/mol. The quantitative estimate of drug-likeness (QED) is 0.896. The number of hydrogen-bond donors (Lipinski definition) is 1. The minimum atomic E-state index is -0.846. The third-order valence-corrected chi connectivity index (χ3v) is 7.18. The van der Waals surface area contributed by atoms with Gasteiger partial charge in [0.2, 0.25) is 0 Å². The third kappa shape index (κ3) is 3.33. The minimum absolute atomic E-state index is 0.361. The van der Waals surface area contributed by atoms with Crippen molar-refractivity contribution in [2.75, 3.05) is 6.54 Å². The molecule has 1 fully saturated rings. The Bertz CT molecular complexity index is 732. The summed E-state index contributed by atoms with van der Waals surface area (Å²) in [7, 11) is -0.846. The molecule has 0 radical (unpaired) electrons. The summed E-state index contributed by atoms with van der Waals surface area (Å²) in [5, 5.41) is 3.80. The maximum absolute atomic E-state index is 12.7. The van der Waals surface area contributed by atoms with E-state index in [-0.39, 0.29) is 0 Å². The Morgan fingerprint density at radius 1 is 0.875 bits per heavy atom. The summed E-state index contributed by atoms with van der Waals surface area (Å²) in [6.07, 6.45) is 7.13. The van der Waals surface area contributed by atoms with Gasteiger partial charge in [-0.2, -0.15) is 0 Å². The molecule has 1 unspecified atom stereocenters. The first-order valence-corrected chi connectivity index (χ1v) is 10.4. The molecular formula is C21H25NOS. The van der Waals surface area contributed by atoms with E-state index in [0.717, 1.165) is 37.2 Å². The molecule has 0 amide bonds. The van der Waals surface area contributed by atoms with E-state index in [1.165, 1.54) is 41.5 Å². The molecule has 1 saturated carbocycles. The zero-order valence-electron chi connectivity index (χ0n) is 14.1. The molecule has 4 rings (SSSR count). The van der Waals surface area contributed by atoms with E-state index in [2.05, 4.69) is 47.8 Å². The van der Waals surface area contributed by atoms with Crippen molar-refractivity contribution in [1.29, 1.82) is 0 Å². The van der Waals surface area contributed by atoms with Crippen molar-refractivity contribution in [2.45, 2.75) is 55.2 Å². The van der Waals surface area contributed by atoms with Crippen LogP contribution in [0.2, 0.25) is 0 Å². The van der Waals surface area contributed by atoms with Crippen LogP contribution in [0.3, 0.4) is 0 Å². The summed E-state index contributed by atoms with van der Waals surface area (Å²) in [4.78, 5) is 0.991. The molecule has 1 heterocycles. The average Bonchev–Trinajstić information content (AvgIpc) is 2.68. The Kier molecular flexibility index (Phi) is 4.81. The van der Waals surface area contributed by atoms with Gasteiger partial charge < -0.3 is 5.32 Å². The fraction of sp³-hybridized carbons (Fsp3) is 0.429. The average molecular weight is 340 g/mol. The number of hydrogen-bond acceptors (Lipinski definition) is 2. The van der Waals surface area contributed by atoms with Gasteiger partial charge in [-0.15, -0.1) is 0 Å². The number of fused-ring (bicyclic) bond motifs is 1. The standard InChI is InChI=1S/C21H25NOS/c23-24(20-4-2-1-3-5-20)21-10-8-16(9-11-21)18-7-6-17-12-13-22-15-19(17)14-18/h6-11,14,20,22H,1-5,12-13,15H2. The third-order valence-electron chi connectivity index (χ3n) is 5.37. The lowest BCUT2D eigenvalue weighted by Gasteiger charge is -2.21. The summed E-state index contributed by atoms with van der Waals surface area (Å²) >= 11 is 0. The molecule has 24 heavy (non-hydrogen) atoms. The van der Waals surface area contributed by atoms with Crippen molar-refractivity contribution in [3.63, 3.8) is 0 Å². The molecule has 2 nitrogen and oxygen atoms in total. The molecule has 0 spiro atoms. The van der Waals surface area contributed by atoms with Gasteiger partial charge in [0.1, 0.15) is 0 Å². The first kappa shape index (κ1) is 16.0. The second-order valence-corrected chi connectivity index (χ2v) is 8.72. The maximum Gasteiger partial charge on any atom is 0.0560 e.